The first-order valence-electron chi connectivity index (χ1n) is 3.13. The molecule has 0 amide bonds. The Kier molecular flexibility index (Phi) is 5.26. The summed E-state index contributed by atoms with van der Waals surface area (Å²) in [5.41, 5.74) is 0. The Morgan fingerprint density at radius 3 is 1.89 bits per heavy atom. The average molecular weight is 129 g/mol. The van der Waals surface area contributed by atoms with Crippen LogP contribution in [0.4, 0.5) is 0 Å². The zero-order valence-electron chi connectivity index (χ0n) is 5.71. The normalized spacial score (nSPS) is 16.4. The van der Waals surface area contributed by atoms with Crippen LogP contribution in [-0.2, 0) is 0 Å². The molecule has 0 aromatic heterocycles. The van der Waals surface area contributed by atoms with Gasteiger partial charge in [-0.1, -0.05) is 6.58 Å². The molecule has 1 saturated heterocycles. The molecule has 1 fully saturated rings. The highest BCUT2D eigenvalue weighted by atomic mass is 15.1. The van der Waals surface area contributed by atoms with Crippen molar-refractivity contribution in [1.82, 2.24) is 4.90 Å². The molecular weight excluding hydrogens is 114 g/mol. The van der Waals surface area contributed by atoms with Crippen LogP contribution in [-0.4, -0.2) is 18.0 Å². The molecule has 1 aliphatic heterocycles. The minimum Gasteiger partial charge on any atom is -0.378 e. The van der Waals surface area contributed by atoms with E-state index in [0.717, 1.165) is 0 Å². The first-order chi connectivity index (χ1) is 4.43. The molecule has 0 atom stereocenters. The lowest BCUT2D eigenvalue weighted by atomic mass is 10.4. The number of rotatable bonds is 1. The second-order valence-electron chi connectivity index (χ2n) is 1.93. The molecule has 1 rings (SSSR count). The average Bonchev–Trinajstić information content (AvgIpc) is 2.43. The lowest BCUT2D eigenvalue weighted by Gasteiger charge is -2.07. The molecule has 54 valence electrons. The Hall–Kier alpha value is -0.540. The van der Waals surface area contributed by atoms with Gasteiger partial charge in [0.25, 0.3) is 0 Å². The largest absolute Gasteiger partial charge is 0.378 e. The van der Waals surface area contributed by atoms with E-state index in [1.165, 1.54) is 25.9 Å². The minimum atomic E-state index is 1.23. The van der Waals surface area contributed by atoms with E-state index in [2.05, 4.69) is 23.2 Å². The van der Waals surface area contributed by atoms with Gasteiger partial charge < -0.3 is 4.90 Å². The predicted octanol–water partition coefficient (Wildman–Crippen LogP) is 0.0445. The van der Waals surface area contributed by atoms with Gasteiger partial charge in [0.2, 0.25) is 0 Å². The first-order valence-corrected chi connectivity index (χ1v) is 3.13. The summed E-state index contributed by atoms with van der Waals surface area (Å²) < 4.78 is 0. The van der Waals surface area contributed by atoms with Gasteiger partial charge in [-0.3, -0.25) is 11.7 Å². The van der Waals surface area contributed by atoms with E-state index in [4.69, 9.17) is 0 Å². The SMILES string of the molecule is C=CN1CCCC1.NN. The van der Waals surface area contributed by atoms with Gasteiger partial charge >= 0.3 is 0 Å². The van der Waals surface area contributed by atoms with Crippen molar-refractivity contribution in [3.8, 4) is 0 Å². The summed E-state index contributed by atoms with van der Waals surface area (Å²) in [4.78, 5) is 2.25. The predicted molar refractivity (Wildman–Crippen MR) is 39.4 cm³/mol. The number of hydrazine groups is 1. The molecule has 0 aromatic carbocycles. The maximum atomic E-state index is 4.00. The van der Waals surface area contributed by atoms with Crippen molar-refractivity contribution in [2.45, 2.75) is 12.8 Å². The molecule has 1 aliphatic rings. The molecule has 0 saturated carbocycles. The van der Waals surface area contributed by atoms with Crippen LogP contribution in [0.15, 0.2) is 12.8 Å². The lowest BCUT2D eigenvalue weighted by Crippen LogP contribution is -2.08. The molecule has 0 bridgehead atoms. The van der Waals surface area contributed by atoms with E-state index in [-0.39, 0.29) is 0 Å². The standard InChI is InChI=1S/C6H11N.H4N2/c1-2-7-5-3-4-6-7;1-2/h2H,1,3-6H2;1-2H2. The number of nitrogens with zero attached hydrogens (tertiary/aromatic N) is 1. The van der Waals surface area contributed by atoms with E-state index in [1.54, 1.807) is 0 Å². The van der Waals surface area contributed by atoms with Crippen LogP contribution in [0.25, 0.3) is 0 Å². The van der Waals surface area contributed by atoms with Crippen LogP contribution in [0.5, 0.6) is 0 Å². The van der Waals surface area contributed by atoms with Crippen LogP contribution in [0.3, 0.4) is 0 Å². The Bertz CT molecular complexity index is 66.7. The van der Waals surface area contributed by atoms with Crippen LogP contribution in [0, 0.1) is 0 Å². The van der Waals surface area contributed by atoms with Gasteiger partial charge in [-0.25, -0.2) is 0 Å². The van der Waals surface area contributed by atoms with E-state index in [9.17, 15) is 0 Å². The molecule has 4 N–H and O–H groups in total. The van der Waals surface area contributed by atoms with E-state index in [0.29, 0.717) is 0 Å². The molecule has 1 heterocycles. The zero-order chi connectivity index (χ0) is 7.11. The number of hydrogen-bond acceptors (Lipinski definition) is 3. The zero-order valence-corrected chi connectivity index (χ0v) is 5.71. The molecule has 9 heavy (non-hydrogen) atoms. The van der Waals surface area contributed by atoms with Gasteiger partial charge in [-0.2, -0.15) is 0 Å². The molecule has 3 nitrogen and oxygen atoms in total. The maximum Gasteiger partial charge on any atom is 0.0172 e. The minimum absolute atomic E-state index is 1.23. The van der Waals surface area contributed by atoms with Crippen molar-refractivity contribution in [1.29, 1.82) is 0 Å². The van der Waals surface area contributed by atoms with Gasteiger partial charge in [-0.15, -0.1) is 0 Å². The summed E-state index contributed by atoms with van der Waals surface area (Å²) in [7, 11) is 0. The summed E-state index contributed by atoms with van der Waals surface area (Å²) >= 11 is 0. The topological polar surface area (TPSA) is 55.3 Å². The van der Waals surface area contributed by atoms with Crippen molar-refractivity contribution < 1.29 is 0 Å². The Morgan fingerprint density at radius 2 is 1.67 bits per heavy atom. The molecule has 3 heteroatoms. The summed E-state index contributed by atoms with van der Waals surface area (Å²) in [6.45, 7) is 6.12. The number of hydrogen-bond donors (Lipinski definition) is 2. The highest BCUT2D eigenvalue weighted by molar-refractivity contribution is 4.75. The molecule has 0 aliphatic carbocycles. The van der Waals surface area contributed by atoms with Crippen molar-refractivity contribution in [3.63, 3.8) is 0 Å². The monoisotopic (exact) mass is 129 g/mol. The number of likely N-dealkylation sites (tertiary alicyclic amines) is 1. The fourth-order valence-corrected chi connectivity index (χ4v) is 0.924. The van der Waals surface area contributed by atoms with Crippen LogP contribution in [0.1, 0.15) is 12.8 Å². The highest BCUT2D eigenvalue weighted by Crippen LogP contribution is 2.05. The van der Waals surface area contributed by atoms with Crippen LogP contribution < -0.4 is 11.7 Å². The van der Waals surface area contributed by atoms with Crippen LogP contribution in [0.2, 0.25) is 0 Å². The maximum absolute atomic E-state index is 4.00. The molecule has 0 unspecified atom stereocenters. The Balaban J connectivity index is 0.000000291. The fourth-order valence-electron chi connectivity index (χ4n) is 0.924. The third kappa shape index (κ3) is 3.11. The summed E-state index contributed by atoms with van der Waals surface area (Å²) in [5.74, 6) is 8.00. The second-order valence-corrected chi connectivity index (χ2v) is 1.93. The molecule has 0 radical (unpaired) electrons. The summed E-state index contributed by atoms with van der Waals surface area (Å²) in [6, 6.07) is 0. The highest BCUT2D eigenvalue weighted by Gasteiger charge is 2.04. The van der Waals surface area contributed by atoms with Crippen molar-refractivity contribution in [2.24, 2.45) is 11.7 Å². The van der Waals surface area contributed by atoms with Crippen LogP contribution >= 0.6 is 0 Å². The second kappa shape index (κ2) is 5.59. The van der Waals surface area contributed by atoms with Crippen molar-refractivity contribution >= 4 is 0 Å². The van der Waals surface area contributed by atoms with Gasteiger partial charge in [0.15, 0.2) is 0 Å². The molecule has 0 spiro atoms. The third-order valence-corrected chi connectivity index (χ3v) is 1.40. The Morgan fingerprint density at radius 1 is 1.22 bits per heavy atom. The fraction of sp³-hybridized carbons (Fsp3) is 0.667. The number of nitrogens with two attached hydrogens (primary N) is 2. The van der Waals surface area contributed by atoms with Gasteiger partial charge in [0.1, 0.15) is 0 Å². The van der Waals surface area contributed by atoms with Gasteiger partial charge in [0.05, 0.1) is 0 Å². The molecular formula is C6H15N3. The summed E-state index contributed by atoms with van der Waals surface area (Å²) in [6.07, 6.45) is 4.63. The van der Waals surface area contributed by atoms with E-state index < -0.39 is 0 Å². The van der Waals surface area contributed by atoms with Crippen molar-refractivity contribution in [3.05, 3.63) is 12.8 Å². The van der Waals surface area contributed by atoms with Gasteiger partial charge in [0, 0.05) is 13.1 Å². The van der Waals surface area contributed by atoms with E-state index >= 15 is 0 Å². The Labute approximate surface area is 56.3 Å². The summed E-state index contributed by atoms with van der Waals surface area (Å²) in [5, 5.41) is 0. The molecule has 0 aromatic rings. The van der Waals surface area contributed by atoms with Gasteiger partial charge in [-0.05, 0) is 19.0 Å². The quantitative estimate of drug-likeness (QED) is 0.388. The third-order valence-electron chi connectivity index (χ3n) is 1.40. The van der Waals surface area contributed by atoms with E-state index in [1.807, 2.05) is 6.20 Å². The van der Waals surface area contributed by atoms with Crippen molar-refractivity contribution in [2.75, 3.05) is 13.1 Å². The lowest BCUT2D eigenvalue weighted by molar-refractivity contribution is 0.469. The smallest absolute Gasteiger partial charge is 0.0172 e. The first kappa shape index (κ1) is 8.46.